The van der Waals surface area contributed by atoms with Crippen LogP contribution in [-0.2, 0) is 14.3 Å². The van der Waals surface area contributed by atoms with E-state index in [-0.39, 0.29) is 32.5 Å². The van der Waals surface area contributed by atoms with Crippen molar-refractivity contribution in [3.05, 3.63) is 12.7 Å². The number of halogens is 6. The zero-order valence-corrected chi connectivity index (χ0v) is 13.9. The molecule has 1 fully saturated rings. The Balaban J connectivity index is 2.85. The predicted octanol–water partition coefficient (Wildman–Crippen LogP) is 1.50. The van der Waals surface area contributed by atoms with Crippen molar-refractivity contribution in [2.45, 2.75) is 30.7 Å². The van der Waals surface area contributed by atoms with Gasteiger partial charge in [0.1, 0.15) is 6.61 Å². The highest BCUT2D eigenvalue weighted by molar-refractivity contribution is 5.83. The van der Waals surface area contributed by atoms with Crippen LogP contribution in [0.15, 0.2) is 12.7 Å². The van der Waals surface area contributed by atoms with Gasteiger partial charge in [-0.1, -0.05) is 12.7 Å². The van der Waals surface area contributed by atoms with Gasteiger partial charge in [0.05, 0.1) is 5.54 Å². The first-order chi connectivity index (χ1) is 12.3. The molecule has 0 unspecified atom stereocenters. The van der Waals surface area contributed by atoms with E-state index >= 15 is 0 Å². The summed E-state index contributed by atoms with van der Waals surface area (Å²) in [5.41, 5.74) is -1.80. The Labute approximate surface area is 149 Å². The number of amides is 3. The van der Waals surface area contributed by atoms with E-state index in [1.807, 2.05) is 0 Å². The molecule has 13 heteroatoms. The van der Waals surface area contributed by atoms with Crippen LogP contribution in [0.2, 0.25) is 0 Å². The van der Waals surface area contributed by atoms with E-state index in [1.54, 1.807) is 5.32 Å². The molecule has 2 N–H and O–H groups in total. The Bertz CT molecular complexity index is 582. The quantitative estimate of drug-likeness (QED) is 0.536. The maximum absolute atomic E-state index is 12.5. The highest BCUT2D eigenvalue weighted by Crippen LogP contribution is 2.26. The minimum Gasteiger partial charge on any atom is -0.445 e. The summed E-state index contributed by atoms with van der Waals surface area (Å²) in [5, 5.41) is 3.12. The maximum Gasteiger partial charge on any atom is 0.471 e. The molecular formula is C14H17F6N3O4. The van der Waals surface area contributed by atoms with Gasteiger partial charge in [-0.05, 0) is 12.8 Å². The van der Waals surface area contributed by atoms with Crippen LogP contribution in [0.5, 0.6) is 0 Å². The summed E-state index contributed by atoms with van der Waals surface area (Å²) in [6.45, 7) is 1.95. The SMILES string of the molecule is C=CCOC(=O)N1CCC(CNC(=O)C(F)(F)F)(NC(=O)C(F)(F)F)CC1. The summed E-state index contributed by atoms with van der Waals surface area (Å²) in [7, 11) is 0. The van der Waals surface area contributed by atoms with E-state index in [0.29, 0.717) is 0 Å². The number of rotatable bonds is 5. The van der Waals surface area contributed by atoms with Crippen LogP contribution in [0.25, 0.3) is 0 Å². The fourth-order valence-electron chi connectivity index (χ4n) is 2.35. The number of piperidine rings is 1. The average Bonchev–Trinajstić information content (AvgIpc) is 2.56. The topological polar surface area (TPSA) is 87.7 Å². The molecule has 0 spiro atoms. The first-order valence-electron chi connectivity index (χ1n) is 7.58. The van der Waals surface area contributed by atoms with Crippen LogP contribution in [0, 0.1) is 0 Å². The summed E-state index contributed by atoms with van der Waals surface area (Å²) in [5.74, 6) is -4.71. The number of hydrogen-bond acceptors (Lipinski definition) is 4. The molecule has 1 aliphatic rings. The first kappa shape index (κ1) is 22.6. The van der Waals surface area contributed by atoms with E-state index < -0.39 is 42.3 Å². The van der Waals surface area contributed by atoms with Crippen LogP contribution in [0.1, 0.15) is 12.8 Å². The summed E-state index contributed by atoms with van der Waals surface area (Å²) >= 11 is 0. The number of likely N-dealkylation sites (tertiary alicyclic amines) is 1. The van der Waals surface area contributed by atoms with Crippen LogP contribution in [0.4, 0.5) is 31.1 Å². The molecule has 0 aromatic rings. The molecule has 0 radical (unpaired) electrons. The predicted molar refractivity (Wildman–Crippen MR) is 78.3 cm³/mol. The van der Waals surface area contributed by atoms with Crippen molar-refractivity contribution in [2.24, 2.45) is 0 Å². The highest BCUT2D eigenvalue weighted by atomic mass is 19.4. The third-order valence-corrected chi connectivity index (χ3v) is 3.78. The Morgan fingerprint density at radius 1 is 1.04 bits per heavy atom. The van der Waals surface area contributed by atoms with Gasteiger partial charge in [-0.3, -0.25) is 9.59 Å². The third-order valence-electron chi connectivity index (χ3n) is 3.78. The van der Waals surface area contributed by atoms with Crippen molar-refractivity contribution in [2.75, 3.05) is 26.2 Å². The molecule has 154 valence electrons. The fourth-order valence-corrected chi connectivity index (χ4v) is 2.35. The lowest BCUT2D eigenvalue weighted by atomic mass is 9.87. The minimum absolute atomic E-state index is 0.104. The maximum atomic E-state index is 12.5. The molecule has 3 amide bonds. The molecule has 0 atom stereocenters. The summed E-state index contributed by atoms with van der Waals surface area (Å²) in [6, 6.07) is 0. The van der Waals surface area contributed by atoms with Gasteiger partial charge in [0.15, 0.2) is 0 Å². The largest absolute Gasteiger partial charge is 0.471 e. The summed E-state index contributed by atoms with van der Waals surface area (Å²) in [6.07, 6.45) is -10.6. The molecule has 0 aromatic carbocycles. The molecule has 0 aliphatic carbocycles. The number of ether oxygens (including phenoxy) is 1. The number of carbonyl (C=O) groups is 3. The average molecular weight is 405 g/mol. The molecule has 1 rings (SSSR count). The monoisotopic (exact) mass is 405 g/mol. The second-order valence-electron chi connectivity index (χ2n) is 5.77. The Hall–Kier alpha value is -2.47. The number of nitrogens with zero attached hydrogens (tertiary/aromatic N) is 1. The van der Waals surface area contributed by atoms with E-state index in [2.05, 4.69) is 6.58 Å². The molecule has 1 aliphatic heterocycles. The van der Waals surface area contributed by atoms with Crippen molar-refractivity contribution in [3.8, 4) is 0 Å². The van der Waals surface area contributed by atoms with E-state index in [9.17, 15) is 40.7 Å². The van der Waals surface area contributed by atoms with Gasteiger partial charge in [0, 0.05) is 19.6 Å². The van der Waals surface area contributed by atoms with Crippen molar-refractivity contribution < 1.29 is 45.5 Å². The number of carbonyl (C=O) groups excluding carboxylic acids is 3. The zero-order valence-electron chi connectivity index (χ0n) is 13.9. The van der Waals surface area contributed by atoms with Gasteiger partial charge in [0.2, 0.25) is 0 Å². The first-order valence-corrected chi connectivity index (χ1v) is 7.58. The minimum atomic E-state index is -5.26. The Morgan fingerprint density at radius 3 is 2.00 bits per heavy atom. The molecule has 1 saturated heterocycles. The molecule has 7 nitrogen and oxygen atoms in total. The molecule has 27 heavy (non-hydrogen) atoms. The van der Waals surface area contributed by atoms with Crippen LogP contribution < -0.4 is 10.6 Å². The van der Waals surface area contributed by atoms with Crippen LogP contribution in [0.3, 0.4) is 0 Å². The Morgan fingerprint density at radius 2 is 1.56 bits per heavy atom. The molecular weight excluding hydrogens is 388 g/mol. The van der Waals surface area contributed by atoms with Crippen molar-refractivity contribution in [1.82, 2.24) is 15.5 Å². The van der Waals surface area contributed by atoms with Gasteiger partial charge in [0.25, 0.3) is 0 Å². The lowest BCUT2D eigenvalue weighted by Gasteiger charge is -2.42. The van der Waals surface area contributed by atoms with Crippen LogP contribution >= 0.6 is 0 Å². The zero-order chi connectivity index (χ0) is 20.9. The van der Waals surface area contributed by atoms with Crippen molar-refractivity contribution in [3.63, 3.8) is 0 Å². The number of hydrogen-bond donors (Lipinski definition) is 2. The Kier molecular flexibility index (Phi) is 7.09. The normalized spacial score (nSPS) is 17.0. The standard InChI is InChI=1S/C14H17F6N3O4/c1-2-7-27-11(26)23-5-3-12(4-6-23,22-10(25)14(18,19)20)8-21-9(24)13(15,16)17/h2H,1,3-8H2,(H,21,24)(H,22,25). The van der Waals surface area contributed by atoms with Crippen molar-refractivity contribution >= 4 is 17.9 Å². The molecule has 1 heterocycles. The molecule has 0 bridgehead atoms. The van der Waals surface area contributed by atoms with Gasteiger partial charge in [-0.2, -0.15) is 26.3 Å². The highest BCUT2D eigenvalue weighted by Gasteiger charge is 2.47. The van der Waals surface area contributed by atoms with Crippen LogP contribution in [-0.4, -0.2) is 66.9 Å². The lowest BCUT2D eigenvalue weighted by Crippen LogP contribution is -2.63. The summed E-state index contributed by atoms with van der Waals surface area (Å²) < 4.78 is 79.3. The second-order valence-corrected chi connectivity index (χ2v) is 5.77. The lowest BCUT2D eigenvalue weighted by molar-refractivity contribution is -0.177. The molecule has 0 aromatic heterocycles. The fraction of sp³-hybridized carbons (Fsp3) is 0.643. The number of nitrogens with one attached hydrogen (secondary N) is 2. The van der Waals surface area contributed by atoms with E-state index in [4.69, 9.17) is 4.74 Å². The van der Waals surface area contributed by atoms with Gasteiger partial charge in [-0.25, -0.2) is 4.79 Å². The third kappa shape index (κ3) is 6.64. The van der Waals surface area contributed by atoms with E-state index in [1.165, 1.54) is 11.4 Å². The van der Waals surface area contributed by atoms with Gasteiger partial charge < -0.3 is 20.3 Å². The van der Waals surface area contributed by atoms with Gasteiger partial charge >= 0.3 is 30.3 Å². The van der Waals surface area contributed by atoms with Crippen molar-refractivity contribution in [1.29, 1.82) is 0 Å². The number of alkyl halides is 6. The molecule has 0 saturated carbocycles. The second kappa shape index (κ2) is 8.48. The smallest absolute Gasteiger partial charge is 0.445 e. The summed E-state index contributed by atoms with van der Waals surface area (Å²) in [4.78, 5) is 35.0. The van der Waals surface area contributed by atoms with E-state index in [0.717, 1.165) is 4.90 Å². The van der Waals surface area contributed by atoms with Gasteiger partial charge in [-0.15, -0.1) is 0 Å².